The molecule has 0 fully saturated rings. The number of carbonyl (C=O) groups excluding carboxylic acids is 1. The summed E-state index contributed by atoms with van der Waals surface area (Å²) < 4.78 is 13.1. The normalized spacial score (nSPS) is 13.1. The third kappa shape index (κ3) is 5.28. The minimum absolute atomic E-state index is 0.413. The molecule has 0 aliphatic carbocycles. The molecule has 0 saturated carbocycles. The monoisotopic (exact) mass is 438 g/mol. The van der Waals surface area contributed by atoms with Crippen LogP contribution in [0.1, 0.15) is 13.3 Å². The molecule has 0 atom stereocenters. The molecular formula is C15H27IO3Si2. The zero-order chi connectivity index (χ0) is 16.1. The predicted molar refractivity (Wildman–Crippen MR) is 103 cm³/mol. The van der Waals surface area contributed by atoms with Crippen molar-refractivity contribution < 1.29 is 13.6 Å². The quantitative estimate of drug-likeness (QED) is 0.203. The van der Waals surface area contributed by atoms with Gasteiger partial charge < -0.3 is 0 Å². The summed E-state index contributed by atoms with van der Waals surface area (Å²) in [5, 5.41) is 1.29. The average Bonchev–Trinajstić information content (AvgIpc) is 2.43. The Morgan fingerprint density at radius 2 is 1.71 bits per heavy atom. The molecule has 0 radical (unpaired) electrons. The van der Waals surface area contributed by atoms with E-state index in [4.69, 9.17) is 8.85 Å². The van der Waals surface area contributed by atoms with Crippen LogP contribution in [0.5, 0.6) is 0 Å². The molecule has 1 rings (SSSR count). The second-order valence-corrected chi connectivity index (χ2v) is 27.7. The number of alkyl halides is 1. The van der Waals surface area contributed by atoms with Crippen molar-refractivity contribution in [2.45, 2.75) is 39.5 Å². The summed E-state index contributed by atoms with van der Waals surface area (Å²) in [6, 6.07) is 10.4. The molecule has 0 aromatic heterocycles. The van der Waals surface area contributed by atoms with Gasteiger partial charge in [-0.25, -0.2) is 0 Å². The Morgan fingerprint density at radius 3 is 2.19 bits per heavy atom. The fourth-order valence-electron chi connectivity index (χ4n) is 2.27. The standard InChI is InChI=1S/C15H27IO3Si2/c1-7-15(17)16(13-18-2)21(5,6)19-20(3,4)14-11-9-8-10-12-14/h8-12H,7,13H2,1-6H3. The molecule has 0 aliphatic rings. The van der Waals surface area contributed by atoms with E-state index in [0.717, 1.165) is 0 Å². The van der Waals surface area contributed by atoms with Crippen molar-refractivity contribution in [3.63, 3.8) is 0 Å². The molecule has 0 saturated heterocycles. The maximum atomic E-state index is 12.3. The van der Waals surface area contributed by atoms with Crippen LogP contribution in [0, 0.1) is 0 Å². The van der Waals surface area contributed by atoms with E-state index in [1.165, 1.54) is 5.19 Å². The molecule has 1 aromatic carbocycles. The van der Waals surface area contributed by atoms with Gasteiger partial charge >= 0.3 is 137 Å². The number of benzene rings is 1. The van der Waals surface area contributed by atoms with Gasteiger partial charge in [-0.05, 0) is 0 Å². The van der Waals surface area contributed by atoms with Gasteiger partial charge in [0, 0.05) is 0 Å². The molecule has 0 amide bonds. The fraction of sp³-hybridized carbons (Fsp3) is 0.533. The summed E-state index contributed by atoms with van der Waals surface area (Å²) >= 11 is -1.87. The molecule has 0 aliphatic heterocycles. The van der Waals surface area contributed by atoms with Crippen molar-refractivity contribution in [1.29, 1.82) is 0 Å². The Hall–Kier alpha value is -0.0262. The molecule has 1 aromatic rings. The molecule has 0 spiro atoms. The molecular weight excluding hydrogens is 411 g/mol. The van der Waals surface area contributed by atoms with Crippen molar-refractivity contribution in [1.82, 2.24) is 0 Å². The van der Waals surface area contributed by atoms with Crippen LogP contribution in [0.4, 0.5) is 0 Å². The summed E-state index contributed by atoms with van der Waals surface area (Å²) in [6.45, 7) is 10.8. The minimum atomic E-state index is -2.01. The van der Waals surface area contributed by atoms with Gasteiger partial charge in [-0.3, -0.25) is 0 Å². The molecule has 0 N–H and O–H groups in total. The Labute approximate surface area is 137 Å². The van der Waals surface area contributed by atoms with E-state index >= 15 is 0 Å². The van der Waals surface area contributed by atoms with E-state index in [-0.39, 0.29) is 0 Å². The van der Waals surface area contributed by atoms with E-state index < -0.39 is 33.2 Å². The molecule has 0 unspecified atom stereocenters. The van der Waals surface area contributed by atoms with Crippen LogP contribution in [0.3, 0.4) is 0 Å². The van der Waals surface area contributed by atoms with E-state index in [2.05, 4.69) is 50.5 Å². The van der Waals surface area contributed by atoms with Crippen LogP contribution in [0.15, 0.2) is 30.3 Å². The number of halogens is 1. The first-order valence-electron chi connectivity index (χ1n) is 7.18. The van der Waals surface area contributed by atoms with Crippen LogP contribution in [-0.4, -0.2) is 29.6 Å². The molecule has 21 heavy (non-hydrogen) atoms. The van der Waals surface area contributed by atoms with Gasteiger partial charge in [-0.1, -0.05) is 0 Å². The third-order valence-corrected chi connectivity index (χ3v) is 27.1. The van der Waals surface area contributed by atoms with E-state index in [1.54, 1.807) is 7.11 Å². The SMILES string of the molecule is CCC(=O)I(COC)[Si](C)(C)O[Si](C)(C)c1ccccc1. The zero-order valence-corrected chi connectivity index (χ0v) is 18.1. The van der Waals surface area contributed by atoms with Gasteiger partial charge in [-0.15, -0.1) is 0 Å². The van der Waals surface area contributed by atoms with Gasteiger partial charge in [0.2, 0.25) is 0 Å². The first-order chi connectivity index (χ1) is 9.74. The van der Waals surface area contributed by atoms with Crippen LogP contribution >= 0.6 is 19.0 Å². The fourth-order valence-corrected chi connectivity index (χ4v) is 27.2. The summed E-state index contributed by atoms with van der Waals surface area (Å²) in [4.78, 5) is 12.3. The van der Waals surface area contributed by atoms with Crippen molar-refractivity contribution in [3.05, 3.63) is 30.3 Å². The van der Waals surface area contributed by atoms with Crippen LogP contribution < -0.4 is 5.19 Å². The molecule has 6 heteroatoms. The van der Waals surface area contributed by atoms with E-state index in [9.17, 15) is 4.79 Å². The van der Waals surface area contributed by atoms with Crippen molar-refractivity contribution in [2.75, 3.05) is 11.7 Å². The Bertz CT molecular complexity index is 463. The number of methoxy groups -OCH3 is 1. The van der Waals surface area contributed by atoms with Gasteiger partial charge in [0.25, 0.3) is 0 Å². The van der Waals surface area contributed by atoms with E-state index in [0.29, 0.717) is 14.8 Å². The van der Waals surface area contributed by atoms with Crippen LogP contribution in [-0.2, 0) is 13.6 Å². The van der Waals surface area contributed by atoms with Gasteiger partial charge in [0.1, 0.15) is 0 Å². The van der Waals surface area contributed by atoms with E-state index in [1.807, 2.05) is 13.0 Å². The summed E-state index contributed by atoms with van der Waals surface area (Å²) in [5.74, 6) is -2.01. The topological polar surface area (TPSA) is 35.5 Å². The van der Waals surface area contributed by atoms with Gasteiger partial charge in [0.05, 0.1) is 0 Å². The first-order valence-corrected chi connectivity index (χ1v) is 18.7. The third-order valence-electron chi connectivity index (χ3n) is 3.27. The Morgan fingerprint density at radius 1 is 1.14 bits per heavy atom. The van der Waals surface area contributed by atoms with Gasteiger partial charge in [-0.2, -0.15) is 0 Å². The first kappa shape index (κ1) is 19.0. The molecule has 0 bridgehead atoms. The summed E-state index contributed by atoms with van der Waals surface area (Å²) in [6.07, 6.45) is 0.612. The van der Waals surface area contributed by atoms with Crippen molar-refractivity contribution >= 4 is 42.1 Å². The average molecular weight is 438 g/mol. The van der Waals surface area contributed by atoms with Crippen LogP contribution in [0.25, 0.3) is 0 Å². The van der Waals surface area contributed by atoms with Crippen molar-refractivity contribution in [3.8, 4) is 0 Å². The Kier molecular flexibility index (Phi) is 7.25. The molecule has 0 heterocycles. The molecule has 120 valence electrons. The number of hydrogen-bond acceptors (Lipinski definition) is 3. The number of carbonyl (C=O) groups is 1. The second kappa shape index (κ2) is 8.00. The summed E-state index contributed by atoms with van der Waals surface area (Å²) in [7, 11) is -0.280. The van der Waals surface area contributed by atoms with Gasteiger partial charge in [0.15, 0.2) is 0 Å². The number of ether oxygens (including phenoxy) is 1. The van der Waals surface area contributed by atoms with Crippen LogP contribution in [0.2, 0.25) is 26.2 Å². The second-order valence-electron chi connectivity index (χ2n) is 5.81. The summed E-state index contributed by atoms with van der Waals surface area (Å²) in [5.41, 5.74) is 0. The maximum absolute atomic E-state index is 12.3. The van der Waals surface area contributed by atoms with Crippen molar-refractivity contribution in [2.24, 2.45) is 0 Å². The zero-order valence-electron chi connectivity index (χ0n) is 13.9. The number of hydrogen-bond donors (Lipinski definition) is 0. The predicted octanol–water partition coefficient (Wildman–Crippen LogP) is 3.86. The number of rotatable bonds is 8. The molecule has 3 nitrogen and oxygen atoms in total. The Balaban J connectivity index is 2.98.